The van der Waals surface area contributed by atoms with Crippen molar-refractivity contribution in [1.82, 2.24) is 4.31 Å². The van der Waals surface area contributed by atoms with Gasteiger partial charge in [-0.05, 0) is 68.5 Å². The first-order chi connectivity index (χ1) is 12.8. The molecule has 1 aliphatic heterocycles. The van der Waals surface area contributed by atoms with Crippen molar-refractivity contribution in [3.8, 4) is 0 Å². The number of hydrogen-bond donors (Lipinski definition) is 1. The Morgan fingerprint density at radius 3 is 2.56 bits per heavy atom. The van der Waals surface area contributed by atoms with Crippen LogP contribution in [0, 0.1) is 26.7 Å². The van der Waals surface area contributed by atoms with Crippen LogP contribution in [0.2, 0.25) is 0 Å². The maximum absolute atomic E-state index is 13.1. The Balaban J connectivity index is 1.77. The van der Waals surface area contributed by atoms with Crippen molar-refractivity contribution in [2.24, 2.45) is 5.92 Å². The molecule has 144 valence electrons. The molecule has 2 aromatic carbocycles. The minimum atomic E-state index is -3.61. The number of sulfonamides is 1. The summed E-state index contributed by atoms with van der Waals surface area (Å²) in [7, 11) is -3.61. The van der Waals surface area contributed by atoms with Gasteiger partial charge in [0.2, 0.25) is 15.9 Å². The number of hydrogen-bond acceptors (Lipinski definition) is 3. The predicted molar refractivity (Wildman–Crippen MR) is 107 cm³/mol. The SMILES string of the molecule is Cc1cccc(NC(=O)C2CCCN(S(=O)(=O)c3cc(C)ccc3C)C2)c1. The van der Waals surface area contributed by atoms with E-state index in [1.807, 2.05) is 50.2 Å². The lowest BCUT2D eigenvalue weighted by Gasteiger charge is -2.31. The molecule has 0 saturated carbocycles. The third-order valence-electron chi connectivity index (χ3n) is 5.00. The molecule has 1 unspecified atom stereocenters. The summed E-state index contributed by atoms with van der Waals surface area (Å²) in [6, 6.07) is 13.1. The lowest BCUT2D eigenvalue weighted by molar-refractivity contribution is -0.120. The fourth-order valence-electron chi connectivity index (χ4n) is 3.47. The molecule has 1 saturated heterocycles. The van der Waals surface area contributed by atoms with Gasteiger partial charge in [0, 0.05) is 18.8 Å². The second kappa shape index (κ2) is 7.82. The molecule has 5 nitrogen and oxygen atoms in total. The molecular weight excluding hydrogens is 360 g/mol. The van der Waals surface area contributed by atoms with Gasteiger partial charge < -0.3 is 5.32 Å². The van der Waals surface area contributed by atoms with E-state index in [9.17, 15) is 13.2 Å². The molecule has 0 spiro atoms. The van der Waals surface area contributed by atoms with Crippen molar-refractivity contribution in [2.75, 3.05) is 18.4 Å². The molecule has 1 fully saturated rings. The number of rotatable bonds is 4. The lowest BCUT2D eigenvalue weighted by atomic mass is 9.98. The highest BCUT2D eigenvalue weighted by Crippen LogP contribution is 2.27. The Labute approximate surface area is 161 Å². The molecule has 0 bridgehead atoms. The van der Waals surface area contributed by atoms with E-state index < -0.39 is 10.0 Å². The zero-order chi connectivity index (χ0) is 19.6. The van der Waals surface area contributed by atoms with E-state index in [0.29, 0.717) is 24.3 Å². The highest BCUT2D eigenvalue weighted by Gasteiger charge is 2.34. The molecule has 1 aliphatic rings. The van der Waals surface area contributed by atoms with Gasteiger partial charge >= 0.3 is 0 Å². The summed E-state index contributed by atoms with van der Waals surface area (Å²) in [6.45, 7) is 6.32. The summed E-state index contributed by atoms with van der Waals surface area (Å²) in [5, 5.41) is 2.92. The Morgan fingerprint density at radius 1 is 1.07 bits per heavy atom. The first-order valence-corrected chi connectivity index (χ1v) is 10.7. The zero-order valence-corrected chi connectivity index (χ0v) is 16.8. The molecule has 0 aromatic heterocycles. The quantitative estimate of drug-likeness (QED) is 0.872. The first-order valence-electron chi connectivity index (χ1n) is 9.22. The standard InChI is InChI=1S/C21H26N2O3S/c1-15-6-4-8-19(12-15)22-21(24)18-7-5-11-23(14-18)27(25,26)20-13-16(2)9-10-17(20)3/h4,6,8-10,12-13,18H,5,7,11,14H2,1-3H3,(H,22,24). The van der Waals surface area contributed by atoms with Gasteiger partial charge in [0.05, 0.1) is 10.8 Å². The molecule has 2 aromatic rings. The predicted octanol–water partition coefficient (Wildman–Crippen LogP) is 3.65. The minimum Gasteiger partial charge on any atom is -0.326 e. The maximum Gasteiger partial charge on any atom is 0.243 e. The monoisotopic (exact) mass is 386 g/mol. The maximum atomic E-state index is 13.1. The first kappa shape index (κ1) is 19.6. The third-order valence-corrected chi connectivity index (χ3v) is 7.01. The largest absolute Gasteiger partial charge is 0.326 e. The topological polar surface area (TPSA) is 66.5 Å². The van der Waals surface area contributed by atoms with Gasteiger partial charge in [-0.25, -0.2) is 8.42 Å². The number of amides is 1. The smallest absolute Gasteiger partial charge is 0.243 e. The molecule has 1 atom stereocenters. The van der Waals surface area contributed by atoms with Crippen LogP contribution in [-0.2, 0) is 14.8 Å². The summed E-state index contributed by atoms with van der Waals surface area (Å²) in [6.07, 6.45) is 1.37. The van der Waals surface area contributed by atoms with Gasteiger partial charge in [-0.15, -0.1) is 0 Å². The number of nitrogens with zero attached hydrogens (tertiary/aromatic N) is 1. The van der Waals surface area contributed by atoms with Crippen molar-refractivity contribution in [2.45, 2.75) is 38.5 Å². The second-order valence-electron chi connectivity index (χ2n) is 7.33. The summed E-state index contributed by atoms with van der Waals surface area (Å²) in [4.78, 5) is 13.0. The zero-order valence-electron chi connectivity index (χ0n) is 16.0. The van der Waals surface area contributed by atoms with E-state index in [1.54, 1.807) is 13.0 Å². The molecule has 27 heavy (non-hydrogen) atoms. The van der Waals surface area contributed by atoms with Crippen molar-refractivity contribution in [3.05, 3.63) is 59.2 Å². The van der Waals surface area contributed by atoms with E-state index >= 15 is 0 Å². The molecule has 1 N–H and O–H groups in total. The summed E-state index contributed by atoms with van der Waals surface area (Å²) >= 11 is 0. The van der Waals surface area contributed by atoms with Crippen LogP contribution in [0.5, 0.6) is 0 Å². The number of benzene rings is 2. The fourth-order valence-corrected chi connectivity index (χ4v) is 5.30. The Kier molecular flexibility index (Phi) is 5.67. The Hall–Kier alpha value is -2.18. The molecular formula is C21H26N2O3S. The molecule has 1 amide bonds. The molecule has 1 heterocycles. The summed E-state index contributed by atoms with van der Waals surface area (Å²) in [5.74, 6) is -0.472. The Bertz CT molecular complexity index is 954. The van der Waals surface area contributed by atoms with Gasteiger partial charge in [-0.3, -0.25) is 4.79 Å². The number of carbonyl (C=O) groups excluding carboxylic acids is 1. The molecule has 3 rings (SSSR count). The van der Waals surface area contributed by atoms with Crippen molar-refractivity contribution >= 4 is 21.6 Å². The van der Waals surface area contributed by atoms with Crippen LogP contribution >= 0.6 is 0 Å². The molecule has 0 aliphatic carbocycles. The van der Waals surface area contributed by atoms with Crippen molar-refractivity contribution in [1.29, 1.82) is 0 Å². The molecule has 6 heteroatoms. The Morgan fingerprint density at radius 2 is 1.81 bits per heavy atom. The van der Waals surface area contributed by atoms with Crippen molar-refractivity contribution in [3.63, 3.8) is 0 Å². The van der Waals surface area contributed by atoms with Crippen molar-refractivity contribution < 1.29 is 13.2 Å². The van der Waals surface area contributed by atoms with Crippen LogP contribution in [0.3, 0.4) is 0 Å². The van der Waals surface area contributed by atoms with Gasteiger partial charge in [0.1, 0.15) is 0 Å². The number of anilines is 1. The minimum absolute atomic E-state index is 0.124. The molecule has 0 radical (unpaired) electrons. The van der Waals surface area contributed by atoms with Crippen LogP contribution in [0.25, 0.3) is 0 Å². The summed E-state index contributed by atoms with van der Waals surface area (Å²) < 4.78 is 27.7. The van der Waals surface area contributed by atoms with Crippen LogP contribution < -0.4 is 5.32 Å². The average Bonchev–Trinajstić information content (AvgIpc) is 2.63. The van der Waals surface area contributed by atoms with E-state index in [-0.39, 0.29) is 18.4 Å². The lowest BCUT2D eigenvalue weighted by Crippen LogP contribution is -2.43. The number of nitrogens with one attached hydrogen (secondary N) is 1. The number of piperidine rings is 1. The van der Waals surface area contributed by atoms with Gasteiger partial charge in [-0.1, -0.05) is 24.3 Å². The highest BCUT2D eigenvalue weighted by atomic mass is 32.2. The van der Waals surface area contributed by atoms with Crippen LogP contribution in [-0.4, -0.2) is 31.7 Å². The van der Waals surface area contributed by atoms with Gasteiger partial charge in [-0.2, -0.15) is 4.31 Å². The van der Waals surface area contributed by atoms with Crippen LogP contribution in [0.15, 0.2) is 47.4 Å². The van der Waals surface area contributed by atoms with E-state index in [4.69, 9.17) is 0 Å². The normalized spacial score (nSPS) is 18.3. The third kappa shape index (κ3) is 4.39. The van der Waals surface area contributed by atoms with E-state index in [0.717, 1.165) is 22.4 Å². The van der Waals surface area contributed by atoms with E-state index in [2.05, 4.69) is 5.32 Å². The van der Waals surface area contributed by atoms with Crippen LogP contribution in [0.1, 0.15) is 29.5 Å². The number of carbonyl (C=O) groups is 1. The fraction of sp³-hybridized carbons (Fsp3) is 0.381. The second-order valence-corrected chi connectivity index (χ2v) is 9.24. The van der Waals surface area contributed by atoms with Gasteiger partial charge in [0.25, 0.3) is 0 Å². The number of aryl methyl sites for hydroxylation is 3. The average molecular weight is 387 g/mol. The summed E-state index contributed by atoms with van der Waals surface area (Å²) in [5.41, 5.74) is 3.45. The van der Waals surface area contributed by atoms with E-state index in [1.165, 1.54) is 4.31 Å². The van der Waals surface area contributed by atoms with Gasteiger partial charge in [0.15, 0.2) is 0 Å². The van der Waals surface area contributed by atoms with Crippen LogP contribution in [0.4, 0.5) is 5.69 Å². The highest BCUT2D eigenvalue weighted by molar-refractivity contribution is 7.89.